The van der Waals surface area contributed by atoms with E-state index in [1.54, 1.807) is 48.5 Å². The Morgan fingerprint density at radius 2 is 1.64 bits per heavy atom. The first-order chi connectivity index (χ1) is 13.4. The summed E-state index contributed by atoms with van der Waals surface area (Å²) in [6.07, 6.45) is 1.25. The van der Waals surface area contributed by atoms with Crippen molar-refractivity contribution in [1.29, 1.82) is 0 Å². The molecule has 0 radical (unpaired) electrons. The third-order valence-electron chi connectivity index (χ3n) is 3.72. The van der Waals surface area contributed by atoms with E-state index in [4.69, 9.17) is 0 Å². The first-order valence-electron chi connectivity index (χ1n) is 8.18. The van der Waals surface area contributed by atoms with Crippen molar-refractivity contribution >= 4 is 39.1 Å². The SMILES string of the molecule is O=C(Cn1cc(Br)c(=O)[nH]c1=O)Nc1cccc(NC(=O)c2ccccc2)c1. The van der Waals surface area contributed by atoms with Crippen LogP contribution in [-0.4, -0.2) is 21.4 Å². The fourth-order valence-corrected chi connectivity index (χ4v) is 2.77. The third-order valence-corrected chi connectivity index (χ3v) is 4.29. The minimum atomic E-state index is -0.688. The van der Waals surface area contributed by atoms with Crippen LogP contribution in [0.5, 0.6) is 0 Å². The second-order valence-electron chi connectivity index (χ2n) is 5.81. The summed E-state index contributed by atoms with van der Waals surface area (Å²) >= 11 is 3.01. The molecule has 0 spiro atoms. The summed E-state index contributed by atoms with van der Waals surface area (Å²) in [4.78, 5) is 49.6. The number of aromatic nitrogens is 2. The molecule has 3 N–H and O–H groups in total. The summed E-state index contributed by atoms with van der Waals surface area (Å²) < 4.78 is 1.22. The van der Waals surface area contributed by atoms with E-state index < -0.39 is 17.2 Å². The third kappa shape index (κ3) is 4.83. The standard InChI is InChI=1S/C19H15BrN4O4/c20-15-10-24(19(28)23-18(15)27)11-16(25)21-13-7-4-8-14(9-13)22-17(26)12-5-2-1-3-6-12/h1-10H,11H2,(H,21,25)(H,22,26)(H,23,27,28). The van der Waals surface area contributed by atoms with Gasteiger partial charge in [0.25, 0.3) is 11.5 Å². The number of nitrogens with one attached hydrogen (secondary N) is 3. The molecule has 0 atom stereocenters. The monoisotopic (exact) mass is 442 g/mol. The summed E-state index contributed by atoms with van der Waals surface area (Å²) in [5.41, 5.74) is 0.221. The molecule has 9 heteroatoms. The van der Waals surface area contributed by atoms with Crippen LogP contribution in [0.15, 0.2) is 74.9 Å². The van der Waals surface area contributed by atoms with Gasteiger partial charge in [-0.2, -0.15) is 0 Å². The predicted octanol–water partition coefficient (Wildman–Crippen LogP) is 2.19. The highest BCUT2D eigenvalue weighted by Gasteiger charge is 2.09. The number of anilines is 2. The molecule has 0 aliphatic heterocycles. The van der Waals surface area contributed by atoms with Crippen molar-refractivity contribution in [3.63, 3.8) is 0 Å². The van der Waals surface area contributed by atoms with Crippen LogP contribution in [-0.2, 0) is 11.3 Å². The van der Waals surface area contributed by atoms with Crippen molar-refractivity contribution in [2.75, 3.05) is 10.6 Å². The van der Waals surface area contributed by atoms with Gasteiger partial charge in [-0.05, 0) is 46.3 Å². The van der Waals surface area contributed by atoms with Gasteiger partial charge in [-0.1, -0.05) is 24.3 Å². The number of carbonyl (C=O) groups excluding carboxylic acids is 2. The Balaban J connectivity index is 1.68. The highest BCUT2D eigenvalue weighted by atomic mass is 79.9. The number of halogens is 1. The van der Waals surface area contributed by atoms with Gasteiger partial charge in [0.2, 0.25) is 5.91 Å². The van der Waals surface area contributed by atoms with Crippen LogP contribution in [0.2, 0.25) is 0 Å². The maximum Gasteiger partial charge on any atom is 0.328 e. The second-order valence-corrected chi connectivity index (χ2v) is 6.67. The van der Waals surface area contributed by atoms with Gasteiger partial charge in [0.05, 0.1) is 4.47 Å². The van der Waals surface area contributed by atoms with Gasteiger partial charge in [-0.15, -0.1) is 0 Å². The molecule has 0 saturated heterocycles. The molecule has 0 bridgehead atoms. The number of hydrogen-bond acceptors (Lipinski definition) is 4. The zero-order chi connectivity index (χ0) is 20.1. The molecule has 3 aromatic rings. The van der Waals surface area contributed by atoms with E-state index in [0.29, 0.717) is 16.9 Å². The van der Waals surface area contributed by atoms with Gasteiger partial charge < -0.3 is 10.6 Å². The van der Waals surface area contributed by atoms with Crippen LogP contribution in [0.1, 0.15) is 10.4 Å². The molecule has 0 unspecified atom stereocenters. The molecule has 1 aromatic heterocycles. The Bertz CT molecular complexity index is 1140. The summed E-state index contributed by atoms with van der Waals surface area (Å²) in [5.74, 6) is -0.735. The maximum atomic E-state index is 12.2. The van der Waals surface area contributed by atoms with Crippen molar-refractivity contribution in [2.24, 2.45) is 0 Å². The van der Waals surface area contributed by atoms with E-state index in [1.807, 2.05) is 6.07 Å². The fraction of sp³-hybridized carbons (Fsp3) is 0.0526. The molecule has 0 saturated carbocycles. The number of H-pyrrole nitrogens is 1. The largest absolute Gasteiger partial charge is 0.328 e. The highest BCUT2D eigenvalue weighted by molar-refractivity contribution is 9.10. The molecule has 2 amide bonds. The Labute approximate surface area is 167 Å². The van der Waals surface area contributed by atoms with Crippen molar-refractivity contribution < 1.29 is 9.59 Å². The number of amides is 2. The van der Waals surface area contributed by atoms with Crippen molar-refractivity contribution in [1.82, 2.24) is 9.55 Å². The number of carbonyl (C=O) groups is 2. The van der Waals surface area contributed by atoms with Crippen LogP contribution >= 0.6 is 15.9 Å². The van der Waals surface area contributed by atoms with Crippen molar-refractivity contribution in [2.45, 2.75) is 6.54 Å². The number of hydrogen-bond donors (Lipinski definition) is 3. The van der Waals surface area contributed by atoms with E-state index >= 15 is 0 Å². The first-order valence-corrected chi connectivity index (χ1v) is 8.97. The summed E-state index contributed by atoms with van der Waals surface area (Å²) in [6, 6.07) is 15.4. The molecule has 142 valence electrons. The van der Waals surface area contributed by atoms with Gasteiger partial charge in [0, 0.05) is 23.1 Å². The van der Waals surface area contributed by atoms with Crippen molar-refractivity contribution in [3.8, 4) is 0 Å². The lowest BCUT2D eigenvalue weighted by atomic mass is 10.2. The number of aromatic amines is 1. The predicted molar refractivity (Wildman–Crippen MR) is 108 cm³/mol. The Morgan fingerprint density at radius 1 is 0.964 bits per heavy atom. The average molecular weight is 443 g/mol. The van der Waals surface area contributed by atoms with Crippen LogP contribution in [0.4, 0.5) is 11.4 Å². The molecule has 0 aliphatic carbocycles. The van der Waals surface area contributed by atoms with Crippen molar-refractivity contribution in [3.05, 3.63) is 91.7 Å². The fourth-order valence-electron chi connectivity index (χ4n) is 2.42. The van der Waals surface area contributed by atoms with Gasteiger partial charge in [0.1, 0.15) is 6.54 Å². The Kier molecular flexibility index (Phi) is 5.85. The quantitative estimate of drug-likeness (QED) is 0.561. The van der Waals surface area contributed by atoms with Crippen LogP contribution < -0.4 is 21.9 Å². The Morgan fingerprint density at radius 3 is 2.36 bits per heavy atom. The lowest BCUT2D eigenvalue weighted by Gasteiger charge is -2.10. The van der Waals surface area contributed by atoms with E-state index in [0.717, 1.165) is 4.57 Å². The topological polar surface area (TPSA) is 113 Å². The molecule has 28 heavy (non-hydrogen) atoms. The zero-order valence-electron chi connectivity index (χ0n) is 14.4. The van der Waals surface area contributed by atoms with E-state index in [9.17, 15) is 19.2 Å². The number of benzene rings is 2. The first kappa shape index (κ1) is 19.3. The minimum Gasteiger partial charge on any atom is -0.324 e. The highest BCUT2D eigenvalue weighted by Crippen LogP contribution is 2.16. The lowest BCUT2D eigenvalue weighted by molar-refractivity contribution is -0.116. The molecule has 3 rings (SSSR count). The number of rotatable bonds is 5. The van der Waals surface area contributed by atoms with Gasteiger partial charge in [-0.3, -0.25) is 23.9 Å². The molecular weight excluding hydrogens is 428 g/mol. The zero-order valence-corrected chi connectivity index (χ0v) is 16.0. The molecule has 0 fully saturated rings. The summed E-state index contributed by atoms with van der Waals surface area (Å²) in [7, 11) is 0. The summed E-state index contributed by atoms with van der Waals surface area (Å²) in [5, 5.41) is 5.40. The minimum absolute atomic E-state index is 0.144. The van der Waals surface area contributed by atoms with Gasteiger partial charge in [0.15, 0.2) is 0 Å². The molecule has 0 aliphatic rings. The molecule has 2 aromatic carbocycles. The average Bonchev–Trinajstić information content (AvgIpc) is 2.67. The van der Waals surface area contributed by atoms with E-state index in [1.165, 1.54) is 6.20 Å². The molecule has 1 heterocycles. The van der Waals surface area contributed by atoms with E-state index in [2.05, 4.69) is 31.5 Å². The smallest absolute Gasteiger partial charge is 0.324 e. The number of nitrogens with zero attached hydrogens (tertiary/aromatic N) is 1. The van der Waals surface area contributed by atoms with Crippen LogP contribution in [0.3, 0.4) is 0 Å². The molecular formula is C19H15BrN4O4. The second kappa shape index (κ2) is 8.49. The van der Waals surface area contributed by atoms with Crippen LogP contribution in [0, 0.1) is 0 Å². The van der Waals surface area contributed by atoms with E-state index in [-0.39, 0.29) is 16.9 Å². The normalized spacial score (nSPS) is 10.3. The van der Waals surface area contributed by atoms with Crippen LogP contribution in [0.25, 0.3) is 0 Å². The maximum absolute atomic E-state index is 12.2. The lowest BCUT2D eigenvalue weighted by Crippen LogP contribution is -2.33. The molecule has 8 nitrogen and oxygen atoms in total. The Hall–Kier alpha value is -3.46. The summed E-state index contributed by atoms with van der Waals surface area (Å²) in [6.45, 7) is -0.283. The van der Waals surface area contributed by atoms with Gasteiger partial charge >= 0.3 is 5.69 Å². The van der Waals surface area contributed by atoms with Gasteiger partial charge in [-0.25, -0.2) is 4.79 Å².